The third kappa shape index (κ3) is 5.10. The van der Waals surface area contributed by atoms with Gasteiger partial charge in [-0.15, -0.1) is 0 Å². The van der Waals surface area contributed by atoms with Gasteiger partial charge in [-0.2, -0.15) is 13.2 Å². The van der Waals surface area contributed by atoms with E-state index < -0.39 is 23.8 Å². The van der Waals surface area contributed by atoms with Gasteiger partial charge in [0, 0.05) is 11.7 Å². The number of amidine groups is 1. The molecule has 10 heteroatoms. The first kappa shape index (κ1) is 23.4. The third-order valence-electron chi connectivity index (χ3n) is 5.40. The molecule has 1 saturated carbocycles. The van der Waals surface area contributed by atoms with Crippen LogP contribution in [0, 0.1) is 0 Å². The van der Waals surface area contributed by atoms with E-state index in [0.717, 1.165) is 25.0 Å². The summed E-state index contributed by atoms with van der Waals surface area (Å²) in [6, 6.07) is 4.14. The van der Waals surface area contributed by atoms with Crippen LogP contribution in [0.25, 0.3) is 0 Å². The fourth-order valence-corrected chi connectivity index (χ4v) is 4.71. The highest BCUT2D eigenvalue weighted by Crippen LogP contribution is 2.45. The maximum Gasteiger partial charge on any atom is 0.416 e. The number of amides is 1. The number of thioether (sulfide) groups is 1. The summed E-state index contributed by atoms with van der Waals surface area (Å²) in [7, 11) is 0. The molecule has 33 heavy (non-hydrogen) atoms. The van der Waals surface area contributed by atoms with E-state index in [1.807, 2.05) is 0 Å². The molecule has 0 saturated heterocycles. The van der Waals surface area contributed by atoms with Crippen LogP contribution in [0.15, 0.2) is 51.6 Å². The van der Waals surface area contributed by atoms with Crippen molar-refractivity contribution in [3.05, 3.63) is 57.8 Å². The van der Waals surface area contributed by atoms with Crippen molar-refractivity contribution in [1.82, 2.24) is 10.2 Å². The lowest BCUT2D eigenvalue weighted by Crippen LogP contribution is -2.38. The molecule has 1 aromatic carbocycles. The number of esters is 1. The standard InChI is InChI=1S/C23H24F3N3O3S/c1-12(2)32-21(31)19-13(3)27-22-29(17(11-33-22)10-18(30)28-16-8-9-16)20(19)14-4-6-15(7-5-14)23(24,25)26/h4-7,11-12,16,20H,8-10H2,1-3H3,(H,28,30). The molecule has 3 aliphatic rings. The zero-order chi connectivity index (χ0) is 23.9. The number of hydrogen-bond acceptors (Lipinski definition) is 6. The van der Waals surface area contributed by atoms with Crippen LogP contribution in [0.4, 0.5) is 13.2 Å². The summed E-state index contributed by atoms with van der Waals surface area (Å²) in [6.07, 6.45) is -2.87. The molecule has 1 atom stereocenters. The van der Waals surface area contributed by atoms with Gasteiger partial charge in [0.1, 0.15) is 0 Å². The second-order valence-electron chi connectivity index (χ2n) is 8.49. The predicted octanol–water partition coefficient (Wildman–Crippen LogP) is 4.90. The van der Waals surface area contributed by atoms with Gasteiger partial charge in [-0.05, 0) is 56.7 Å². The molecule has 1 fully saturated rings. The van der Waals surface area contributed by atoms with Crippen LogP contribution in [-0.2, 0) is 20.5 Å². The van der Waals surface area contributed by atoms with Gasteiger partial charge in [0.25, 0.3) is 0 Å². The number of halogens is 3. The quantitative estimate of drug-likeness (QED) is 0.588. The number of carbonyl (C=O) groups is 2. The van der Waals surface area contributed by atoms with E-state index in [4.69, 9.17) is 4.74 Å². The van der Waals surface area contributed by atoms with Gasteiger partial charge in [0.15, 0.2) is 5.17 Å². The highest BCUT2D eigenvalue weighted by atomic mass is 32.2. The molecule has 4 rings (SSSR count). The first-order valence-corrected chi connectivity index (χ1v) is 11.5. The normalized spacial score (nSPS) is 20.5. The van der Waals surface area contributed by atoms with Gasteiger partial charge >= 0.3 is 12.1 Å². The topological polar surface area (TPSA) is 71.0 Å². The summed E-state index contributed by atoms with van der Waals surface area (Å²) < 4.78 is 44.8. The SMILES string of the molecule is CC1=C(C(=O)OC(C)C)C(c2ccc(C(F)(F)F)cc2)N2C(CC(=O)NC3CC3)=CSC2=N1. The zero-order valence-electron chi connectivity index (χ0n) is 18.4. The number of ether oxygens (including phenoxy) is 1. The van der Waals surface area contributed by atoms with Gasteiger partial charge in [-0.25, -0.2) is 9.79 Å². The molecule has 0 aromatic heterocycles. The maximum atomic E-state index is 13.1. The Balaban J connectivity index is 1.72. The van der Waals surface area contributed by atoms with Crippen molar-refractivity contribution < 1.29 is 27.5 Å². The number of benzene rings is 1. The summed E-state index contributed by atoms with van der Waals surface area (Å²) in [5, 5.41) is 5.30. The predicted molar refractivity (Wildman–Crippen MR) is 119 cm³/mol. The number of fused-ring (bicyclic) bond motifs is 1. The Morgan fingerprint density at radius 1 is 1.24 bits per heavy atom. The largest absolute Gasteiger partial charge is 0.459 e. The molecule has 2 heterocycles. The molecule has 1 N–H and O–H groups in total. The Morgan fingerprint density at radius 2 is 1.91 bits per heavy atom. The van der Waals surface area contributed by atoms with Crippen LogP contribution >= 0.6 is 11.8 Å². The van der Waals surface area contributed by atoms with Gasteiger partial charge in [0.2, 0.25) is 5.91 Å². The molecule has 0 spiro atoms. The molecular formula is C23H24F3N3O3S. The summed E-state index contributed by atoms with van der Waals surface area (Å²) in [6.45, 7) is 5.12. The number of alkyl halides is 3. The van der Waals surface area contributed by atoms with Crippen molar-refractivity contribution in [2.24, 2.45) is 4.99 Å². The molecule has 1 amide bonds. The van der Waals surface area contributed by atoms with Crippen molar-refractivity contribution in [2.75, 3.05) is 0 Å². The summed E-state index contributed by atoms with van der Waals surface area (Å²) >= 11 is 1.32. The summed E-state index contributed by atoms with van der Waals surface area (Å²) in [5.74, 6) is -0.733. The first-order chi connectivity index (χ1) is 15.5. The Labute approximate surface area is 194 Å². The molecule has 0 radical (unpaired) electrons. The molecule has 0 bridgehead atoms. The van der Waals surface area contributed by atoms with E-state index in [1.54, 1.807) is 31.1 Å². The van der Waals surface area contributed by atoms with Crippen LogP contribution in [0.5, 0.6) is 0 Å². The van der Waals surface area contributed by atoms with Crippen molar-refractivity contribution in [3.63, 3.8) is 0 Å². The van der Waals surface area contributed by atoms with Gasteiger partial charge in [-0.1, -0.05) is 23.9 Å². The molecular weight excluding hydrogens is 455 g/mol. The smallest absolute Gasteiger partial charge is 0.416 e. The lowest BCUT2D eigenvalue weighted by molar-refractivity contribution is -0.143. The fourth-order valence-electron chi connectivity index (χ4n) is 3.75. The average Bonchev–Trinajstić information content (AvgIpc) is 3.45. The number of allylic oxidation sites excluding steroid dienone is 1. The van der Waals surface area contributed by atoms with Crippen LogP contribution < -0.4 is 5.32 Å². The van der Waals surface area contributed by atoms with Crippen LogP contribution in [0.2, 0.25) is 0 Å². The average molecular weight is 480 g/mol. The minimum atomic E-state index is -4.47. The van der Waals surface area contributed by atoms with Gasteiger partial charge in [-0.3, -0.25) is 4.79 Å². The second kappa shape index (κ2) is 8.89. The first-order valence-electron chi connectivity index (χ1n) is 10.7. The van der Waals surface area contributed by atoms with Gasteiger partial charge < -0.3 is 15.0 Å². The number of carbonyl (C=O) groups excluding carboxylic acids is 2. The number of aliphatic imine (C=N–C) groups is 1. The highest BCUT2D eigenvalue weighted by molar-refractivity contribution is 8.16. The molecule has 1 unspecified atom stereocenters. The van der Waals surface area contributed by atoms with Crippen molar-refractivity contribution in [2.45, 2.75) is 64.4 Å². The minimum absolute atomic E-state index is 0.0746. The van der Waals surface area contributed by atoms with E-state index in [-0.39, 0.29) is 30.0 Å². The van der Waals surface area contributed by atoms with E-state index in [2.05, 4.69) is 10.3 Å². The maximum absolute atomic E-state index is 13.1. The van der Waals surface area contributed by atoms with Crippen LogP contribution in [0.3, 0.4) is 0 Å². The van der Waals surface area contributed by atoms with Crippen molar-refractivity contribution in [1.29, 1.82) is 0 Å². The highest BCUT2D eigenvalue weighted by Gasteiger charge is 2.42. The van der Waals surface area contributed by atoms with Gasteiger partial charge in [0.05, 0.1) is 35.4 Å². The monoisotopic (exact) mass is 479 g/mol. The molecule has 176 valence electrons. The number of nitrogens with zero attached hydrogens (tertiary/aromatic N) is 2. The number of hydrogen-bond donors (Lipinski definition) is 1. The van der Waals surface area contributed by atoms with Crippen molar-refractivity contribution >= 4 is 28.8 Å². The molecule has 2 aliphatic heterocycles. The fraction of sp³-hybridized carbons (Fsp3) is 0.435. The molecule has 6 nitrogen and oxygen atoms in total. The Bertz CT molecular complexity index is 1060. The summed E-state index contributed by atoms with van der Waals surface area (Å²) in [5.41, 5.74) is 0.994. The number of nitrogens with one attached hydrogen (secondary N) is 1. The number of rotatable bonds is 6. The minimum Gasteiger partial charge on any atom is -0.459 e. The molecule has 1 aliphatic carbocycles. The van der Waals surface area contributed by atoms with Crippen LogP contribution in [-0.4, -0.2) is 34.1 Å². The lowest BCUT2D eigenvalue weighted by Gasteiger charge is -2.36. The van der Waals surface area contributed by atoms with Crippen LogP contribution in [0.1, 0.15) is 57.2 Å². The Hall–Kier alpha value is -2.75. The van der Waals surface area contributed by atoms with E-state index >= 15 is 0 Å². The lowest BCUT2D eigenvalue weighted by atomic mass is 9.93. The van der Waals surface area contributed by atoms with E-state index in [1.165, 1.54) is 23.9 Å². The van der Waals surface area contributed by atoms with E-state index in [9.17, 15) is 22.8 Å². The zero-order valence-corrected chi connectivity index (χ0v) is 19.2. The Morgan fingerprint density at radius 3 is 2.48 bits per heavy atom. The summed E-state index contributed by atoms with van der Waals surface area (Å²) in [4.78, 5) is 31.8. The Kier molecular flexibility index (Phi) is 6.30. The van der Waals surface area contributed by atoms with Crippen molar-refractivity contribution in [3.8, 4) is 0 Å². The molecule has 1 aromatic rings. The van der Waals surface area contributed by atoms with E-state index in [0.29, 0.717) is 22.1 Å². The third-order valence-corrected chi connectivity index (χ3v) is 6.29. The second-order valence-corrected chi connectivity index (χ2v) is 9.32.